The van der Waals surface area contributed by atoms with E-state index >= 15 is 0 Å². The molecule has 0 spiro atoms. The molecule has 1 aromatic heterocycles. The Bertz CT molecular complexity index is 534. The zero-order chi connectivity index (χ0) is 15.2. The number of nitrogens with one attached hydrogen (secondary N) is 2. The van der Waals surface area contributed by atoms with Crippen molar-refractivity contribution in [1.29, 1.82) is 0 Å². The van der Waals surface area contributed by atoms with E-state index in [0.29, 0.717) is 17.9 Å². The van der Waals surface area contributed by atoms with Crippen LogP contribution in [0.1, 0.15) is 24.7 Å². The Morgan fingerprint density at radius 2 is 1.90 bits per heavy atom. The number of hydrogen-bond donors (Lipinski definition) is 2. The summed E-state index contributed by atoms with van der Waals surface area (Å²) in [6, 6.07) is 0. The van der Waals surface area contributed by atoms with Crippen LogP contribution in [0.4, 0.5) is 5.95 Å². The normalized spacial score (nSPS) is 11.8. The maximum atomic E-state index is 12.0. The van der Waals surface area contributed by atoms with Gasteiger partial charge in [0.2, 0.25) is 0 Å². The van der Waals surface area contributed by atoms with Crippen LogP contribution in [0.15, 0.2) is 0 Å². The van der Waals surface area contributed by atoms with Crippen molar-refractivity contribution in [3.05, 3.63) is 11.4 Å². The molecule has 0 unspecified atom stereocenters. The van der Waals surface area contributed by atoms with Gasteiger partial charge in [0.05, 0.1) is 11.4 Å². The minimum atomic E-state index is -3.64. The second-order valence-corrected chi connectivity index (χ2v) is 6.22. The third-order valence-electron chi connectivity index (χ3n) is 2.80. The summed E-state index contributed by atoms with van der Waals surface area (Å²) in [7, 11) is -2.12. The van der Waals surface area contributed by atoms with Crippen LogP contribution < -0.4 is 10.0 Å². The van der Waals surface area contributed by atoms with E-state index in [1.165, 1.54) is 11.4 Å². The molecule has 2 N–H and O–H groups in total. The van der Waals surface area contributed by atoms with E-state index in [1.54, 1.807) is 13.8 Å². The van der Waals surface area contributed by atoms with Gasteiger partial charge in [-0.1, -0.05) is 6.92 Å². The largest absolute Gasteiger partial charge is 0.317 e. The quantitative estimate of drug-likeness (QED) is 0.660. The molecule has 0 saturated carbocycles. The number of aryl methyl sites for hydroxylation is 2. The van der Waals surface area contributed by atoms with Crippen LogP contribution in [0.3, 0.4) is 0 Å². The van der Waals surface area contributed by atoms with Crippen LogP contribution in [0, 0.1) is 13.8 Å². The summed E-state index contributed by atoms with van der Waals surface area (Å²) in [5.74, 6) is -0.00775. The maximum absolute atomic E-state index is 12.0. The van der Waals surface area contributed by atoms with Crippen molar-refractivity contribution in [2.24, 2.45) is 0 Å². The molecular weight excluding hydrogens is 280 g/mol. The topological polar surface area (TPSA) is 100 Å². The van der Waals surface area contributed by atoms with Crippen molar-refractivity contribution in [3.8, 4) is 0 Å². The van der Waals surface area contributed by atoms with Crippen molar-refractivity contribution in [1.82, 2.24) is 24.8 Å². The van der Waals surface area contributed by atoms with E-state index in [4.69, 9.17) is 0 Å². The molecule has 114 valence electrons. The van der Waals surface area contributed by atoms with Gasteiger partial charge in [0.15, 0.2) is 0 Å². The molecule has 20 heavy (non-hydrogen) atoms. The van der Waals surface area contributed by atoms with Crippen LogP contribution in [0.2, 0.25) is 0 Å². The lowest BCUT2D eigenvalue weighted by molar-refractivity contribution is 0.459. The highest BCUT2D eigenvalue weighted by Crippen LogP contribution is 2.06. The first-order valence-corrected chi connectivity index (χ1v) is 7.93. The lowest BCUT2D eigenvalue weighted by Crippen LogP contribution is -2.35. The smallest absolute Gasteiger partial charge is 0.303 e. The van der Waals surface area contributed by atoms with Gasteiger partial charge in [-0.25, -0.2) is 9.71 Å². The molecule has 8 nitrogen and oxygen atoms in total. The fraction of sp³-hybridized carbons (Fsp3) is 0.727. The Morgan fingerprint density at radius 3 is 2.50 bits per heavy atom. The number of anilines is 1. The van der Waals surface area contributed by atoms with E-state index in [0.717, 1.165) is 19.5 Å². The molecule has 0 aliphatic heterocycles. The highest BCUT2D eigenvalue weighted by atomic mass is 32.2. The van der Waals surface area contributed by atoms with Crippen LogP contribution in [-0.4, -0.2) is 54.6 Å². The number of aromatic nitrogens is 3. The van der Waals surface area contributed by atoms with Crippen molar-refractivity contribution < 1.29 is 8.42 Å². The summed E-state index contributed by atoms with van der Waals surface area (Å²) in [6.07, 6.45) is 0.733. The summed E-state index contributed by atoms with van der Waals surface area (Å²) >= 11 is 0. The predicted molar refractivity (Wildman–Crippen MR) is 77.6 cm³/mol. The van der Waals surface area contributed by atoms with Gasteiger partial charge in [-0.2, -0.15) is 17.8 Å². The van der Waals surface area contributed by atoms with Gasteiger partial charge in [-0.15, -0.1) is 5.10 Å². The minimum Gasteiger partial charge on any atom is -0.317 e. The first-order valence-electron chi connectivity index (χ1n) is 6.49. The molecule has 0 atom stereocenters. The monoisotopic (exact) mass is 302 g/mol. The Kier molecular flexibility index (Phi) is 6.24. The minimum absolute atomic E-state index is 0.00775. The third-order valence-corrected chi connectivity index (χ3v) is 4.24. The van der Waals surface area contributed by atoms with Crippen molar-refractivity contribution in [2.75, 3.05) is 31.4 Å². The summed E-state index contributed by atoms with van der Waals surface area (Å²) in [5, 5.41) is 10.7. The van der Waals surface area contributed by atoms with Crippen molar-refractivity contribution >= 4 is 16.2 Å². The fourth-order valence-electron chi connectivity index (χ4n) is 1.42. The first-order chi connectivity index (χ1) is 9.36. The molecule has 0 radical (unpaired) electrons. The molecule has 1 rings (SSSR count). The zero-order valence-electron chi connectivity index (χ0n) is 12.3. The van der Waals surface area contributed by atoms with Gasteiger partial charge in [0.25, 0.3) is 5.95 Å². The maximum Gasteiger partial charge on any atom is 0.303 e. The van der Waals surface area contributed by atoms with Gasteiger partial charge in [0, 0.05) is 13.6 Å². The molecule has 1 heterocycles. The zero-order valence-corrected chi connectivity index (χ0v) is 13.2. The summed E-state index contributed by atoms with van der Waals surface area (Å²) < 4.78 is 27.7. The lowest BCUT2D eigenvalue weighted by atomic mass is 10.4. The Morgan fingerprint density at radius 1 is 1.20 bits per heavy atom. The van der Waals surface area contributed by atoms with Crippen LogP contribution >= 0.6 is 0 Å². The number of hydrogen-bond acceptors (Lipinski definition) is 6. The van der Waals surface area contributed by atoms with Gasteiger partial charge in [-0.05, 0) is 33.4 Å². The molecule has 1 aromatic rings. The van der Waals surface area contributed by atoms with E-state index < -0.39 is 10.2 Å². The van der Waals surface area contributed by atoms with E-state index in [-0.39, 0.29) is 5.95 Å². The molecule has 0 bridgehead atoms. The van der Waals surface area contributed by atoms with Crippen LogP contribution in [0.25, 0.3) is 0 Å². The van der Waals surface area contributed by atoms with Gasteiger partial charge in [-0.3, -0.25) is 0 Å². The highest BCUT2D eigenvalue weighted by molar-refractivity contribution is 7.90. The Labute approximate surface area is 120 Å². The second kappa shape index (κ2) is 7.46. The molecule has 9 heteroatoms. The summed E-state index contributed by atoms with van der Waals surface area (Å²) in [5.41, 5.74) is 1.32. The SMILES string of the molecule is CCNCCCN(C)S(=O)(=O)Nc1nnc(C)c(C)n1. The highest BCUT2D eigenvalue weighted by Gasteiger charge is 2.18. The predicted octanol–water partition coefficient (Wildman–Crippen LogP) is 0.0765. The summed E-state index contributed by atoms with van der Waals surface area (Å²) in [4.78, 5) is 4.05. The van der Waals surface area contributed by atoms with Crippen LogP contribution in [0.5, 0.6) is 0 Å². The molecule has 0 saturated heterocycles. The van der Waals surface area contributed by atoms with Gasteiger partial charge >= 0.3 is 10.2 Å². The van der Waals surface area contributed by atoms with Crippen LogP contribution in [-0.2, 0) is 10.2 Å². The molecule has 0 aliphatic rings. The Hall–Kier alpha value is -1.32. The second-order valence-electron chi connectivity index (χ2n) is 4.44. The summed E-state index contributed by atoms with van der Waals surface area (Å²) in [6.45, 7) is 7.59. The third kappa shape index (κ3) is 4.99. The van der Waals surface area contributed by atoms with E-state index in [1.807, 2.05) is 6.92 Å². The van der Waals surface area contributed by atoms with Gasteiger partial charge in [0.1, 0.15) is 0 Å². The van der Waals surface area contributed by atoms with E-state index in [2.05, 4.69) is 25.2 Å². The Balaban J connectivity index is 2.61. The molecule has 0 fully saturated rings. The van der Waals surface area contributed by atoms with E-state index in [9.17, 15) is 8.42 Å². The standard InChI is InChI=1S/C11H22N6O2S/c1-5-12-7-6-8-17(4)20(18,19)16-11-13-9(2)10(3)14-15-11/h12H,5-8H2,1-4H3,(H,13,15,16). The molecule has 0 amide bonds. The lowest BCUT2D eigenvalue weighted by Gasteiger charge is -2.17. The average molecular weight is 302 g/mol. The molecular formula is C11H22N6O2S. The van der Waals surface area contributed by atoms with Crippen molar-refractivity contribution in [2.45, 2.75) is 27.2 Å². The average Bonchev–Trinajstić information content (AvgIpc) is 2.38. The number of nitrogens with zero attached hydrogens (tertiary/aromatic N) is 4. The number of rotatable bonds is 8. The van der Waals surface area contributed by atoms with Gasteiger partial charge < -0.3 is 5.32 Å². The molecule has 0 aromatic carbocycles. The first kappa shape index (κ1) is 16.7. The molecule has 0 aliphatic carbocycles. The fourth-order valence-corrected chi connectivity index (χ4v) is 2.26. The van der Waals surface area contributed by atoms with Crippen molar-refractivity contribution in [3.63, 3.8) is 0 Å².